The zero-order chi connectivity index (χ0) is 13.9. The highest BCUT2D eigenvalue weighted by Crippen LogP contribution is 2.36. The van der Waals surface area contributed by atoms with E-state index in [-0.39, 0.29) is 18.1 Å². The molecule has 1 aliphatic carbocycles. The first-order chi connectivity index (χ1) is 8.35. The van der Waals surface area contributed by atoms with Gasteiger partial charge in [-0.3, -0.25) is 4.79 Å². The van der Waals surface area contributed by atoms with Gasteiger partial charge >= 0.3 is 5.97 Å². The molecule has 1 amide bonds. The molecule has 0 aromatic heterocycles. The maximum Gasteiger partial charge on any atom is 0.329 e. The number of carboxylic acid groups (broad SMARTS) is 1. The molecule has 0 bridgehead atoms. The molecule has 18 heavy (non-hydrogen) atoms. The van der Waals surface area contributed by atoms with Crippen molar-refractivity contribution in [3.8, 4) is 0 Å². The first-order valence-corrected chi connectivity index (χ1v) is 6.41. The van der Waals surface area contributed by atoms with Crippen LogP contribution in [0.3, 0.4) is 0 Å². The summed E-state index contributed by atoms with van der Waals surface area (Å²) in [6, 6.07) is -0.130. The monoisotopic (exact) mass is 257 g/mol. The Morgan fingerprint density at radius 2 is 2.06 bits per heavy atom. The van der Waals surface area contributed by atoms with E-state index in [9.17, 15) is 14.7 Å². The van der Waals surface area contributed by atoms with Gasteiger partial charge in [0.2, 0.25) is 5.91 Å². The van der Waals surface area contributed by atoms with Crippen LogP contribution >= 0.6 is 0 Å². The predicted molar refractivity (Wildman–Crippen MR) is 67.3 cm³/mol. The lowest BCUT2D eigenvalue weighted by Crippen LogP contribution is -2.61. The molecule has 0 aromatic rings. The molecule has 1 aliphatic rings. The van der Waals surface area contributed by atoms with Gasteiger partial charge in [-0.25, -0.2) is 4.79 Å². The van der Waals surface area contributed by atoms with Crippen molar-refractivity contribution in [2.75, 3.05) is 7.11 Å². The lowest BCUT2D eigenvalue weighted by atomic mass is 9.78. The molecule has 0 heterocycles. The summed E-state index contributed by atoms with van der Waals surface area (Å²) >= 11 is 0. The zero-order valence-corrected chi connectivity index (χ0v) is 11.6. The third-order valence-electron chi connectivity index (χ3n) is 3.73. The molecule has 0 aliphatic heterocycles. The van der Waals surface area contributed by atoms with Crippen molar-refractivity contribution in [1.82, 2.24) is 4.90 Å². The van der Waals surface area contributed by atoms with Gasteiger partial charge in [0.1, 0.15) is 5.54 Å². The summed E-state index contributed by atoms with van der Waals surface area (Å²) in [5.74, 6) is -1.11. The van der Waals surface area contributed by atoms with Crippen LogP contribution < -0.4 is 0 Å². The van der Waals surface area contributed by atoms with Crippen molar-refractivity contribution in [2.24, 2.45) is 0 Å². The molecule has 0 spiro atoms. The second kappa shape index (κ2) is 5.69. The average Bonchev–Trinajstić information content (AvgIpc) is 2.27. The number of rotatable bonds is 4. The normalized spacial score (nSPS) is 28.2. The van der Waals surface area contributed by atoms with E-state index in [0.29, 0.717) is 12.8 Å². The third-order valence-corrected chi connectivity index (χ3v) is 3.73. The van der Waals surface area contributed by atoms with E-state index in [1.54, 1.807) is 7.11 Å². The smallest absolute Gasteiger partial charge is 0.329 e. The largest absolute Gasteiger partial charge is 0.479 e. The molecule has 1 rings (SSSR count). The maximum absolute atomic E-state index is 11.8. The van der Waals surface area contributed by atoms with Gasteiger partial charge in [-0.15, -0.1) is 0 Å². The van der Waals surface area contributed by atoms with E-state index in [1.807, 2.05) is 13.8 Å². The molecule has 104 valence electrons. The van der Waals surface area contributed by atoms with Crippen molar-refractivity contribution >= 4 is 11.9 Å². The average molecular weight is 257 g/mol. The van der Waals surface area contributed by atoms with Crippen LogP contribution in [0.5, 0.6) is 0 Å². The summed E-state index contributed by atoms with van der Waals surface area (Å²) in [6.45, 7) is 5.13. The lowest BCUT2D eigenvalue weighted by Gasteiger charge is -2.46. The van der Waals surface area contributed by atoms with Gasteiger partial charge in [-0.2, -0.15) is 0 Å². The fraction of sp³-hybridized carbons (Fsp3) is 0.846. The highest BCUT2D eigenvalue weighted by molar-refractivity contribution is 5.86. The number of aliphatic carboxylic acids is 1. The Labute approximate surface area is 108 Å². The molecule has 1 N–H and O–H groups in total. The minimum atomic E-state index is -1.11. The maximum atomic E-state index is 11.8. The molecular formula is C13H23NO4. The number of nitrogens with zero attached hydrogens (tertiary/aromatic N) is 1. The van der Waals surface area contributed by atoms with Crippen LogP contribution in [0.4, 0.5) is 0 Å². The molecule has 5 nitrogen and oxygen atoms in total. The number of methoxy groups -OCH3 is 1. The second-order valence-electron chi connectivity index (χ2n) is 5.27. The number of hydrogen-bond donors (Lipinski definition) is 1. The van der Waals surface area contributed by atoms with E-state index in [4.69, 9.17) is 4.74 Å². The first kappa shape index (κ1) is 15.0. The number of hydrogen-bond acceptors (Lipinski definition) is 3. The fourth-order valence-corrected chi connectivity index (χ4v) is 3.08. The summed E-state index contributed by atoms with van der Waals surface area (Å²) in [5.41, 5.74) is -1.11. The van der Waals surface area contributed by atoms with Crippen LogP contribution in [0, 0.1) is 0 Å². The fourth-order valence-electron chi connectivity index (χ4n) is 3.08. The number of carbonyl (C=O) groups excluding carboxylic acids is 1. The summed E-state index contributed by atoms with van der Waals surface area (Å²) in [6.07, 6.45) is 2.41. The Morgan fingerprint density at radius 3 is 2.44 bits per heavy atom. The molecule has 0 aromatic carbocycles. The van der Waals surface area contributed by atoms with Crippen molar-refractivity contribution in [1.29, 1.82) is 0 Å². The van der Waals surface area contributed by atoms with Crippen molar-refractivity contribution in [3.63, 3.8) is 0 Å². The number of carboxylic acids is 1. The standard InChI is InChI=1S/C13H23NO4/c1-9(2)14(10(3)15)13(12(16)17)7-5-6-11(8-13)18-4/h9,11H,5-8H2,1-4H3,(H,16,17). The van der Waals surface area contributed by atoms with Gasteiger partial charge < -0.3 is 14.7 Å². The van der Waals surface area contributed by atoms with Crippen molar-refractivity contribution < 1.29 is 19.4 Å². The molecule has 0 saturated heterocycles. The highest BCUT2D eigenvalue weighted by Gasteiger charge is 2.49. The second-order valence-corrected chi connectivity index (χ2v) is 5.27. The van der Waals surface area contributed by atoms with Gasteiger partial charge in [0.25, 0.3) is 0 Å². The van der Waals surface area contributed by atoms with Gasteiger partial charge in [0.15, 0.2) is 0 Å². The molecular weight excluding hydrogens is 234 g/mol. The Morgan fingerprint density at radius 1 is 1.44 bits per heavy atom. The van der Waals surface area contributed by atoms with Crippen LogP contribution in [-0.4, -0.2) is 46.7 Å². The molecule has 1 fully saturated rings. The molecule has 2 atom stereocenters. The SMILES string of the molecule is COC1CCCC(C(=O)O)(N(C(C)=O)C(C)C)C1. The molecule has 0 radical (unpaired) electrons. The minimum absolute atomic E-state index is 0.0875. The topological polar surface area (TPSA) is 66.8 Å². The Kier molecular flexibility index (Phi) is 4.73. The van der Waals surface area contributed by atoms with E-state index < -0.39 is 11.5 Å². The van der Waals surface area contributed by atoms with Crippen LogP contribution in [-0.2, 0) is 14.3 Å². The van der Waals surface area contributed by atoms with Crippen LogP contribution in [0.25, 0.3) is 0 Å². The van der Waals surface area contributed by atoms with Crippen LogP contribution in [0.1, 0.15) is 46.5 Å². The summed E-state index contributed by atoms with van der Waals surface area (Å²) in [7, 11) is 1.59. The van der Waals surface area contributed by atoms with E-state index in [0.717, 1.165) is 12.8 Å². The highest BCUT2D eigenvalue weighted by atomic mass is 16.5. The summed E-state index contributed by atoms with van der Waals surface area (Å²) < 4.78 is 5.30. The van der Waals surface area contributed by atoms with Crippen LogP contribution in [0.2, 0.25) is 0 Å². The summed E-state index contributed by atoms with van der Waals surface area (Å²) in [4.78, 5) is 25.1. The Hall–Kier alpha value is -1.10. The predicted octanol–water partition coefficient (Wildman–Crippen LogP) is 1.66. The molecule has 1 saturated carbocycles. The number of amides is 1. The lowest BCUT2D eigenvalue weighted by molar-refractivity contribution is -0.167. The minimum Gasteiger partial charge on any atom is -0.479 e. The van der Waals surface area contributed by atoms with E-state index >= 15 is 0 Å². The van der Waals surface area contributed by atoms with Gasteiger partial charge in [0.05, 0.1) is 6.10 Å². The number of ether oxygens (including phenoxy) is 1. The Balaban J connectivity index is 3.12. The van der Waals surface area contributed by atoms with E-state index in [2.05, 4.69) is 0 Å². The summed E-state index contributed by atoms with van der Waals surface area (Å²) in [5, 5.41) is 9.62. The zero-order valence-electron chi connectivity index (χ0n) is 11.6. The van der Waals surface area contributed by atoms with E-state index in [1.165, 1.54) is 11.8 Å². The Bertz CT molecular complexity index is 329. The van der Waals surface area contributed by atoms with Crippen LogP contribution in [0.15, 0.2) is 0 Å². The molecule has 2 unspecified atom stereocenters. The van der Waals surface area contributed by atoms with Gasteiger partial charge in [0, 0.05) is 26.5 Å². The van der Waals surface area contributed by atoms with Crippen molar-refractivity contribution in [2.45, 2.75) is 64.1 Å². The quantitative estimate of drug-likeness (QED) is 0.831. The molecule has 5 heteroatoms. The first-order valence-electron chi connectivity index (χ1n) is 6.41. The van der Waals surface area contributed by atoms with Gasteiger partial charge in [-0.1, -0.05) is 0 Å². The number of carbonyl (C=O) groups is 2. The van der Waals surface area contributed by atoms with Gasteiger partial charge in [-0.05, 0) is 33.1 Å². The van der Waals surface area contributed by atoms with Crippen molar-refractivity contribution in [3.05, 3.63) is 0 Å². The third kappa shape index (κ3) is 2.66.